The summed E-state index contributed by atoms with van der Waals surface area (Å²) in [6.45, 7) is 2.14. The van der Waals surface area contributed by atoms with E-state index >= 15 is 0 Å². The van der Waals surface area contributed by atoms with Crippen LogP contribution in [0.4, 0.5) is 0 Å². The van der Waals surface area contributed by atoms with E-state index in [1.54, 1.807) is 0 Å². The third kappa shape index (κ3) is 2.70. The molecule has 0 fully saturated rings. The van der Waals surface area contributed by atoms with Gasteiger partial charge in [-0.05, 0) is 34.7 Å². The lowest BCUT2D eigenvalue weighted by atomic mass is 9.93. The Morgan fingerprint density at radius 1 is 1.17 bits per heavy atom. The maximum absolute atomic E-state index is 10.8. The third-order valence-corrected chi connectivity index (χ3v) is 3.25. The molecule has 0 spiro atoms. The highest BCUT2D eigenvalue weighted by atomic mass is 16.4. The fourth-order valence-corrected chi connectivity index (χ4v) is 2.35. The predicted molar refractivity (Wildman–Crippen MR) is 71.3 cm³/mol. The molecule has 0 saturated carbocycles. The Labute approximate surface area is 107 Å². The number of unbranched alkanes of at least 4 members (excludes halogenated alkanes) is 1. The molecule has 94 valence electrons. The Kier molecular flexibility index (Phi) is 3.98. The fourth-order valence-electron chi connectivity index (χ4n) is 2.35. The number of benzene rings is 2. The second-order valence-electron chi connectivity index (χ2n) is 4.58. The molecule has 2 rings (SSSR count). The molecule has 2 nitrogen and oxygen atoms in total. The zero-order chi connectivity index (χ0) is 13.0. The number of hydrogen-bond donors (Lipinski definition) is 0. The smallest absolute Gasteiger partial charge is 0.0458 e. The Morgan fingerprint density at radius 2 is 1.94 bits per heavy atom. The zero-order valence-electron chi connectivity index (χ0n) is 10.6. The van der Waals surface area contributed by atoms with Crippen LogP contribution in [0.15, 0.2) is 36.4 Å². The molecule has 0 radical (unpaired) electrons. The number of hydrogen-bond acceptors (Lipinski definition) is 2. The Hall–Kier alpha value is -1.83. The van der Waals surface area contributed by atoms with Gasteiger partial charge in [-0.3, -0.25) is 0 Å². The average Bonchev–Trinajstić information content (AvgIpc) is 2.37. The number of fused-ring (bicyclic) bond motifs is 1. The lowest BCUT2D eigenvalue weighted by Gasteiger charge is -2.13. The first-order valence-corrected chi connectivity index (χ1v) is 6.41. The number of rotatable bonds is 5. The van der Waals surface area contributed by atoms with E-state index in [-0.39, 0.29) is 6.42 Å². The van der Waals surface area contributed by atoms with Crippen LogP contribution in [0.1, 0.15) is 30.9 Å². The van der Waals surface area contributed by atoms with Crippen molar-refractivity contribution in [3.8, 4) is 0 Å². The molecule has 0 bridgehead atoms. The molecule has 0 amide bonds. The van der Waals surface area contributed by atoms with Crippen molar-refractivity contribution >= 4 is 16.7 Å². The van der Waals surface area contributed by atoms with Crippen molar-refractivity contribution in [3.63, 3.8) is 0 Å². The maximum Gasteiger partial charge on any atom is 0.0458 e. The van der Waals surface area contributed by atoms with Gasteiger partial charge in [0.2, 0.25) is 0 Å². The summed E-state index contributed by atoms with van der Waals surface area (Å²) in [5, 5.41) is 13.2. The summed E-state index contributed by atoms with van der Waals surface area (Å²) in [5.41, 5.74) is 2.06. The predicted octanol–water partition coefficient (Wildman–Crippen LogP) is 2.47. The molecule has 0 N–H and O–H groups in total. The van der Waals surface area contributed by atoms with Crippen molar-refractivity contribution in [2.45, 2.75) is 32.6 Å². The van der Waals surface area contributed by atoms with Crippen molar-refractivity contribution in [1.29, 1.82) is 0 Å². The molecule has 0 aliphatic heterocycles. The number of carboxylic acids is 1. The highest BCUT2D eigenvalue weighted by molar-refractivity contribution is 5.87. The molecule has 0 aliphatic carbocycles. The van der Waals surface area contributed by atoms with Gasteiger partial charge in [0, 0.05) is 12.4 Å². The van der Waals surface area contributed by atoms with Gasteiger partial charge in [0.05, 0.1) is 0 Å². The molecule has 0 aromatic heterocycles. The summed E-state index contributed by atoms with van der Waals surface area (Å²) in [6.07, 6.45) is 3.12. The molecule has 2 aromatic carbocycles. The van der Waals surface area contributed by atoms with Crippen molar-refractivity contribution in [2.24, 2.45) is 0 Å². The summed E-state index contributed by atoms with van der Waals surface area (Å²) < 4.78 is 0. The summed E-state index contributed by atoms with van der Waals surface area (Å²) in [5.74, 6) is -1.01. The SMILES string of the molecule is CCCCc1c(CC(=O)[O-])ccc2ccccc12. The van der Waals surface area contributed by atoms with E-state index in [0.717, 1.165) is 24.8 Å². The third-order valence-electron chi connectivity index (χ3n) is 3.25. The molecule has 2 heteroatoms. The first-order chi connectivity index (χ1) is 8.72. The second kappa shape index (κ2) is 5.67. The minimum Gasteiger partial charge on any atom is -0.550 e. The molecule has 0 heterocycles. The van der Waals surface area contributed by atoms with E-state index in [4.69, 9.17) is 0 Å². The quantitative estimate of drug-likeness (QED) is 0.806. The van der Waals surface area contributed by atoms with Crippen molar-refractivity contribution < 1.29 is 9.90 Å². The molecule has 18 heavy (non-hydrogen) atoms. The molecule has 0 saturated heterocycles. The highest BCUT2D eigenvalue weighted by Crippen LogP contribution is 2.24. The fraction of sp³-hybridized carbons (Fsp3) is 0.312. The summed E-state index contributed by atoms with van der Waals surface area (Å²) in [7, 11) is 0. The minimum absolute atomic E-state index is 0.00385. The molecule has 0 aliphatic rings. The molecule has 2 aromatic rings. The minimum atomic E-state index is -1.01. The molecule has 0 unspecified atom stereocenters. The van der Waals surface area contributed by atoms with E-state index in [1.807, 2.05) is 24.3 Å². The Balaban J connectivity index is 2.51. The van der Waals surface area contributed by atoms with Gasteiger partial charge >= 0.3 is 0 Å². The van der Waals surface area contributed by atoms with Crippen LogP contribution in [0.25, 0.3) is 10.8 Å². The number of aliphatic carboxylic acids is 1. The van der Waals surface area contributed by atoms with Gasteiger partial charge in [-0.2, -0.15) is 0 Å². The number of aryl methyl sites for hydroxylation is 1. The van der Waals surface area contributed by atoms with E-state index in [0.29, 0.717) is 0 Å². The molecular formula is C16H17O2-. The largest absolute Gasteiger partial charge is 0.550 e. The average molecular weight is 241 g/mol. The van der Waals surface area contributed by atoms with Crippen LogP contribution in [-0.2, 0) is 17.6 Å². The van der Waals surface area contributed by atoms with Gasteiger partial charge in [0.15, 0.2) is 0 Å². The lowest BCUT2D eigenvalue weighted by molar-refractivity contribution is -0.304. The number of carbonyl (C=O) groups excluding carboxylic acids is 1. The highest BCUT2D eigenvalue weighted by Gasteiger charge is 2.07. The van der Waals surface area contributed by atoms with Gasteiger partial charge < -0.3 is 9.90 Å². The van der Waals surface area contributed by atoms with Crippen LogP contribution >= 0.6 is 0 Å². The monoisotopic (exact) mass is 241 g/mol. The lowest BCUT2D eigenvalue weighted by Crippen LogP contribution is -2.25. The van der Waals surface area contributed by atoms with Gasteiger partial charge in [0.1, 0.15) is 0 Å². The topological polar surface area (TPSA) is 40.1 Å². The van der Waals surface area contributed by atoms with Gasteiger partial charge in [0.25, 0.3) is 0 Å². The first-order valence-electron chi connectivity index (χ1n) is 6.41. The Bertz CT molecular complexity index is 558. The van der Waals surface area contributed by atoms with Gasteiger partial charge in [-0.15, -0.1) is 0 Å². The standard InChI is InChI=1S/C16H18O2/c1-2-3-7-15-13(11-16(17)18)10-9-12-6-4-5-8-14(12)15/h4-6,8-10H,2-3,7,11H2,1H3,(H,17,18)/p-1. The van der Waals surface area contributed by atoms with Crippen LogP contribution in [0, 0.1) is 0 Å². The first kappa shape index (κ1) is 12.6. The van der Waals surface area contributed by atoms with Crippen molar-refractivity contribution in [2.75, 3.05) is 0 Å². The number of carboxylic acid groups (broad SMARTS) is 1. The van der Waals surface area contributed by atoms with Gasteiger partial charge in [-0.1, -0.05) is 49.7 Å². The summed E-state index contributed by atoms with van der Waals surface area (Å²) in [6, 6.07) is 12.0. The van der Waals surface area contributed by atoms with E-state index < -0.39 is 5.97 Å². The van der Waals surface area contributed by atoms with Crippen molar-refractivity contribution in [1.82, 2.24) is 0 Å². The van der Waals surface area contributed by atoms with Crippen LogP contribution in [0.2, 0.25) is 0 Å². The van der Waals surface area contributed by atoms with Crippen LogP contribution < -0.4 is 5.11 Å². The normalized spacial score (nSPS) is 10.7. The molecule has 0 atom stereocenters. The zero-order valence-corrected chi connectivity index (χ0v) is 10.6. The van der Waals surface area contributed by atoms with Crippen LogP contribution in [-0.4, -0.2) is 5.97 Å². The van der Waals surface area contributed by atoms with Crippen LogP contribution in [0.5, 0.6) is 0 Å². The van der Waals surface area contributed by atoms with Crippen molar-refractivity contribution in [3.05, 3.63) is 47.5 Å². The Morgan fingerprint density at radius 3 is 2.67 bits per heavy atom. The summed E-state index contributed by atoms with van der Waals surface area (Å²) >= 11 is 0. The van der Waals surface area contributed by atoms with Gasteiger partial charge in [-0.25, -0.2) is 0 Å². The van der Waals surface area contributed by atoms with E-state index in [9.17, 15) is 9.90 Å². The van der Waals surface area contributed by atoms with Crippen LogP contribution in [0.3, 0.4) is 0 Å². The number of carbonyl (C=O) groups is 1. The molecular weight excluding hydrogens is 224 g/mol. The second-order valence-corrected chi connectivity index (χ2v) is 4.58. The maximum atomic E-state index is 10.8. The van der Waals surface area contributed by atoms with E-state index in [2.05, 4.69) is 19.1 Å². The summed E-state index contributed by atoms with van der Waals surface area (Å²) in [4.78, 5) is 10.8. The van der Waals surface area contributed by atoms with E-state index in [1.165, 1.54) is 16.3 Å².